The molecule has 0 N–H and O–H groups in total. The van der Waals surface area contributed by atoms with Crippen LogP contribution < -0.4 is 0 Å². The second-order valence-electron chi connectivity index (χ2n) is 6.81. The summed E-state index contributed by atoms with van der Waals surface area (Å²) in [5, 5.41) is 5.93. The van der Waals surface area contributed by atoms with Crippen molar-refractivity contribution < 1.29 is 0 Å². The van der Waals surface area contributed by atoms with Crippen molar-refractivity contribution in [1.29, 1.82) is 0 Å². The Morgan fingerprint density at radius 1 is 0.935 bits per heavy atom. The molecule has 2 aromatic carbocycles. The number of benzene rings is 2. The Kier molecular flexibility index (Phi) is 5.28. The molecule has 0 atom stereocenters. The molecule has 0 bridgehead atoms. The van der Waals surface area contributed by atoms with Gasteiger partial charge < -0.3 is 4.57 Å². The lowest BCUT2D eigenvalue weighted by molar-refractivity contribution is 0.831. The summed E-state index contributed by atoms with van der Waals surface area (Å²) in [6, 6.07) is 21.8. The Bertz CT molecular complexity index is 1300. The van der Waals surface area contributed by atoms with Gasteiger partial charge in [-0.2, -0.15) is 5.10 Å². The van der Waals surface area contributed by atoms with E-state index in [0.29, 0.717) is 5.02 Å². The van der Waals surface area contributed by atoms with Gasteiger partial charge in [0.15, 0.2) is 5.82 Å². The molecule has 8 heteroatoms. The maximum absolute atomic E-state index is 6.07. The Hall–Kier alpha value is -3.42. The third-order valence-electron chi connectivity index (χ3n) is 4.79. The highest BCUT2D eigenvalue weighted by Crippen LogP contribution is 2.38. The summed E-state index contributed by atoms with van der Waals surface area (Å²) in [5.41, 5.74) is 3.67. The first-order chi connectivity index (χ1) is 15.2. The second kappa shape index (κ2) is 8.37. The summed E-state index contributed by atoms with van der Waals surface area (Å²) in [5.74, 6) is 0.812. The molecule has 0 saturated heterocycles. The highest BCUT2D eigenvalue weighted by Gasteiger charge is 2.19. The monoisotopic (exact) mass is 444 g/mol. The van der Waals surface area contributed by atoms with Crippen molar-refractivity contribution in [3.05, 3.63) is 90.6 Å². The molecule has 0 aliphatic heterocycles. The van der Waals surface area contributed by atoms with E-state index in [1.807, 2.05) is 73.8 Å². The molecule has 5 aromatic rings. The average Bonchev–Trinajstić information content (AvgIpc) is 3.45. The van der Waals surface area contributed by atoms with Crippen molar-refractivity contribution in [3.63, 3.8) is 0 Å². The number of rotatable bonds is 5. The minimum absolute atomic E-state index is 0.715. The van der Waals surface area contributed by atoms with E-state index >= 15 is 0 Å². The first-order valence-electron chi connectivity index (χ1n) is 9.56. The number of nitrogens with zero attached hydrogens (tertiary/aromatic N) is 6. The molecule has 5 rings (SSSR count). The topological polar surface area (TPSA) is 61.4 Å². The van der Waals surface area contributed by atoms with Crippen LogP contribution in [0.15, 0.2) is 95.5 Å². The molecule has 3 aromatic heterocycles. The Morgan fingerprint density at radius 2 is 1.74 bits per heavy atom. The van der Waals surface area contributed by atoms with Crippen LogP contribution in [0.3, 0.4) is 0 Å². The first-order valence-corrected chi connectivity index (χ1v) is 10.8. The number of imidazole rings is 1. The van der Waals surface area contributed by atoms with Crippen LogP contribution in [0, 0.1) is 0 Å². The molecule has 3 heterocycles. The van der Waals surface area contributed by atoms with E-state index in [1.165, 1.54) is 6.33 Å². The fraction of sp³-hybridized carbons (Fsp3) is 0.0435. The molecule has 31 heavy (non-hydrogen) atoms. The van der Waals surface area contributed by atoms with E-state index in [4.69, 9.17) is 16.6 Å². The van der Waals surface area contributed by atoms with Crippen LogP contribution in [0.25, 0.3) is 28.5 Å². The summed E-state index contributed by atoms with van der Waals surface area (Å²) >= 11 is 7.72. The number of hydrogen-bond acceptors (Lipinski definition) is 5. The Balaban J connectivity index is 1.60. The lowest BCUT2D eigenvalue weighted by atomic mass is 10.1. The van der Waals surface area contributed by atoms with Gasteiger partial charge in [-0.3, -0.25) is 4.98 Å². The van der Waals surface area contributed by atoms with E-state index in [-0.39, 0.29) is 0 Å². The summed E-state index contributed by atoms with van der Waals surface area (Å²) in [4.78, 5) is 14.6. The van der Waals surface area contributed by atoms with E-state index in [1.54, 1.807) is 29.0 Å². The van der Waals surface area contributed by atoms with Gasteiger partial charge in [-0.05, 0) is 48.5 Å². The molecule has 0 aliphatic rings. The first kappa shape index (κ1) is 19.5. The van der Waals surface area contributed by atoms with Crippen LogP contribution in [-0.4, -0.2) is 29.3 Å². The molecule has 0 fully saturated rings. The van der Waals surface area contributed by atoms with Crippen molar-refractivity contribution in [2.45, 2.75) is 9.92 Å². The van der Waals surface area contributed by atoms with Crippen molar-refractivity contribution in [2.75, 3.05) is 0 Å². The summed E-state index contributed by atoms with van der Waals surface area (Å²) < 4.78 is 3.81. The van der Waals surface area contributed by atoms with E-state index in [9.17, 15) is 0 Å². The second-order valence-corrected chi connectivity index (χ2v) is 8.30. The summed E-state index contributed by atoms with van der Waals surface area (Å²) in [6.45, 7) is 0. The fourth-order valence-corrected chi connectivity index (χ4v) is 4.35. The van der Waals surface area contributed by atoms with Gasteiger partial charge in [0.05, 0.1) is 5.69 Å². The van der Waals surface area contributed by atoms with Gasteiger partial charge in [0.1, 0.15) is 29.1 Å². The van der Waals surface area contributed by atoms with Crippen molar-refractivity contribution in [1.82, 2.24) is 29.3 Å². The van der Waals surface area contributed by atoms with Crippen LogP contribution in [0.1, 0.15) is 0 Å². The van der Waals surface area contributed by atoms with Crippen LogP contribution in [0.4, 0.5) is 0 Å². The van der Waals surface area contributed by atoms with E-state index < -0.39 is 0 Å². The Labute approximate surface area is 188 Å². The lowest BCUT2D eigenvalue weighted by Crippen LogP contribution is -1.96. The van der Waals surface area contributed by atoms with Crippen LogP contribution in [0.5, 0.6) is 0 Å². The molecular weight excluding hydrogens is 428 g/mol. The van der Waals surface area contributed by atoms with E-state index in [2.05, 4.69) is 19.6 Å². The Morgan fingerprint density at radius 3 is 2.42 bits per heavy atom. The van der Waals surface area contributed by atoms with Crippen molar-refractivity contribution in [2.24, 2.45) is 7.05 Å². The summed E-state index contributed by atoms with van der Waals surface area (Å²) in [6.07, 6.45) is 4.98. The fourth-order valence-electron chi connectivity index (χ4n) is 3.24. The van der Waals surface area contributed by atoms with Gasteiger partial charge >= 0.3 is 0 Å². The van der Waals surface area contributed by atoms with Crippen LogP contribution >= 0.6 is 23.4 Å². The maximum atomic E-state index is 6.07. The highest BCUT2D eigenvalue weighted by molar-refractivity contribution is 7.99. The largest absolute Gasteiger partial charge is 0.320 e. The van der Waals surface area contributed by atoms with Gasteiger partial charge in [0, 0.05) is 28.7 Å². The number of hydrogen-bond donors (Lipinski definition) is 0. The SMILES string of the molecule is Cn1c(-c2ccccn2)nc(-c2ccc(-n3cncn3)cc2)c1Sc1ccc(Cl)cc1. The molecule has 0 unspecified atom stereocenters. The zero-order valence-corrected chi connectivity index (χ0v) is 18.1. The predicted octanol–water partition coefficient (Wildman–Crippen LogP) is 5.53. The highest BCUT2D eigenvalue weighted by atomic mass is 35.5. The molecule has 0 radical (unpaired) electrons. The molecule has 6 nitrogen and oxygen atoms in total. The maximum Gasteiger partial charge on any atom is 0.159 e. The van der Waals surface area contributed by atoms with Crippen LogP contribution in [-0.2, 0) is 7.05 Å². The summed E-state index contributed by atoms with van der Waals surface area (Å²) in [7, 11) is 2.02. The zero-order valence-electron chi connectivity index (χ0n) is 16.6. The smallest absolute Gasteiger partial charge is 0.159 e. The molecule has 0 amide bonds. The predicted molar refractivity (Wildman–Crippen MR) is 122 cm³/mol. The molecular formula is C23H17ClN6S. The van der Waals surface area contributed by atoms with E-state index in [0.717, 1.165) is 38.4 Å². The minimum atomic E-state index is 0.715. The van der Waals surface area contributed by atoms with Gasteiger partial charge in [0.25, 0.3) is 0 Å². The standard InChI is InChI=1S/C23H17ClN6S/c1-29-22(20-4-2-3-13-26-20)28-21(23(29)31-19-11-7-17(24)8-12-19)16-5-9-18(10-6-16)30-15-25-14-27-30/h2-15H,1H3. The number of pyridine rings is 1. The third-order valence-corrected chi connectivity index (χ3v) is 6.21. The van der Waals surface area contributed by atoms with Gasteiger partial charge in [0.2, 0.25) is 0 Å². The van der Waals surface area contributed by atoms with Gasteiger partial charge in [-0.1, -0.05) is 41.6 Å². The number of halogens is 1. The van der Waals surface area contributed by atoms with Crippen molar-refractivity contribution in [3.8, 4) is 28.5 Å². The molecule has 0 aliphatic carbocycles. The number of aromatic nitrogens is 6. The van der Waals surface area contributed by atoms with Crippen molar-refractivity contribution >= 4 is 23.4 Å². The molecule has 152 valence electrons. The average molecular weight is 445 g/mol. The van der Waals surface area contributed by atoms with Crippen LogP contribution in [0.2, 0.25) is 5.02 Å². The molecule has 0 saturated carbocycles. The minimum Gasteiger partial charge on any atom is -0.320 e. The third kappa shape index (κ3) is 3.97. The van der Waals surface area contributed by atoms with Gasteiger partial charge in [-0.15, -0.1) is 0 Å². The normalized spacial score (nSPS) is 11.0. The molecule has 0 spiro atoms. The van der Waals surface area contributed by atoms with Gasteiger partial charge in [-0.25, -0.2) is 14.6 Å². The lowest BCUT2D eigenvalue weighted by Gasteiger charge is -2.08. The quantitative estimate of drug-likeness (QED) is 0.356. The zero-order chi connectivity index (χ0) is 21.2.